The van der Waals surface area contributed by atoms with Gasteiger partial charge in [0.15, 0.2) is 0 Å². The standard InChI is InChI=1S/C18H20N4O3/c1-11(12-3-6-15-13(9-12)4-7-16(23)22-15)20-18(24)21-14-5-8-17(25-2)19-10-14/h3,5-6,8-11H,4,7H2,1-2H3,(H,22,23)(H2,20,21,24)/t11-/m1/s1. The number of carbonyl (C=O) groups excluding carboxylic acids is 2. The van der Waals surface area contributed by atoms with Crippen LogP contribution in [0, 0.1) is 0 Å². The lowest BCUT2D eigenvalue weighted by Gasteiger charge is -2.20. The van der Waals surface area contributed by atoms with Crippen LogP contribution in [-0.4, -0.2) is 24.0 Å². The number of benzene rings is 1. The summed E-state index contributed by atoms with van der Waals surface area (Å²) in [4.78, 5) is 27.6. The topological polar surface area (TPSA) is 92.4 Å². The van der Waals surface area contributed by atoms with Gasteiger partial charge in [0.2, 0.25) is 11.8 Å². The average Bonchev–Trinajstić information content (AvgIpc) is 2.61. The van der Waals surface area contributed by atoms with Crippen LogP contribution in [0.1, 0.15) is 30.5 Å². The molecular formula is C18H20N4O3. The maximum Gasteiger partial charge on any atom is 0.319 e. The second-order valence-corrected chi connectivity index (χ2v) is 5.87. The number of fused-ring (bicyclic) bond motifs is 1. The summed E-state index contributed by atoms with van der Waals surface area (Å²) in [5, 5.41) is 8.48. The fourth-order valence-corrected chi connectivity index (χ4v) is 2.69. The van der Waals surface area contributed by atoms with E-state index in [1.807, 2.05) is 25.1 Å². The number of ether oxygens (including phenoxy) is 1. The predicted octanol–water partition coefficient (Wildman–Crippen LogP) is 2.86. The Hall–Kier alpha value is -3.09. The maximum atomic E-state index is 12.1. The molecule has 0 unspecified atom stereocenters. The molecule has 2 aromatic rings. The molecule has 0 saturated carbocycles. The number of hydrogen-bond donors (Lipinski definition) is 3. The van der Waals surface area contributed by atoms with Gasteiger partial charge in [0, 0.05) is 18.2 Å². The second kappa shape index (κ2) is 7.21. The Balaban J connectivity index is 1.62. The maximum absolute atomic E-state index is 12.1. The number of amides is 3. The predicted molar refractivity (Wildman–Crippen MR) is 94.8 cm³/mol. The highest BCUT2D eigenvalue weighted by molar-refractivity contribution is 5.94. The lowest BCUT2D eigenvalue weighted by atomic mass is 9.98. The van der Waals surface area contributed by atoms with Gasteiger partial charge in [0.25, 0.3) is 0 Å². The van der Waals surface area contributed by atoms with Gasteiger partial charge in [0.1, 0.15) is 0 Å². The molecule has 7 heteroatoms. The van der Waals surface area contributed by atoms with Crippen LogP contribution in [0.15, 0.2) is 36.5 Å². The zero-order valence-corrected chi connectivity index (χ0v) is 14.1. The van der Waals surface area contributed by atoms with Crippen LogP contribution in [0.3, 0.4) is 0 Å². The number of rotatable bonds is 4. The molecule has 1 atom stereocenters. The third-order valence-electron chi connectivity index (χ3n) is 4.08. The summed E-state index contributed by atoms with van der Waals surface area (Å²) in [5.74, 6) is 0.527. The molecule has 0 aliphatic carbocycles. The largest absolute Gasteiger partial charge is 0.481 e. The number of nitrogens with one attached hydrogen (secondary N) is 3. The molecule has 2 heterocycles. The van der Waals surface area contributed by atoms with Gasteiger partial charge in [-0.05, 0) is 36.6 Å². The molecule has 1 aliphatic heterocycles. The summed E-state index contributed by atoms with van der Waals surface area (Å²) < 4.78 is 4.98. The lowest BCUT2D eigenvalue weighted by molar-refractivity contribution is -0.116. The Morgan fingerprint density at radius 3 is 2.84 bits per heavy atom. The van der Waals surface area contributed by atoms with E-state index in [1.54, 1.807) is 12.1 Å². The number of anilines is 2. The fraction of sp³-hybridized carbons (Fsp3) is 0.278. The molecular weight excluding hydrogens is 320 g/mol. The van der Waals surface area contributed by atoms with Crippen molar-refractivity contribution in [1.82, 2.24) is 10.3 Å². The van der Waals surface area contributed by atoms with Gasteiger partial charge in [-0.1, -0.05) is 12.1 Å². The molecule has 1 aromatic carbocycles. The Labute approximate surface area is 145 Å². The highest BCUT2D eigenvalue weighted by Gasteiger charge is 2.17. The molecule has 0 radical (unpaired) electrons. The number of aromatic nitrogens is 1. The van der Waals surface area contributed by atoms with Crippen molar-refractivity contribution in [3.63, 3.8) is 0 Å². The van der Waals surface area contributed by atoms with Gasteiger partial charge in [-0.2, -0.15) is 0 Å². The van der Waals surface area contributed by atoms with Crippen LogP contribution in [0.25, 0.3) is 0 Å². The molecule has 3 N–H and O–H groups in total. The molecule has 130 valence electrons. The average molecular weight is 340 g/mol. The molecule has 25 heavy (non-hydrogen) atoms. The first-order chi connectivity index (χ1) is 12.0. The van der Waals surface area contributed by atoms with E-state index in [2.05, 4.69) is 20.9 Å². The van der Waals surface area contributed by atoms with Crippen LogP contribution in [0.5, 0.6) is 5.88 Å². The number of nitrogens with zero attached hydrogens (tertiary/aromatic N) is 1. The number of aryl methyl sites for hydroxylation is 1. The minimum Gasteiger partial charge on any atom is -0.481 e. The third kappa shape index (κ3) is 4.06. The minimum absolute atomic E-state index is 0.0407. The molecule has 0 spiro atoms. The zero-order chi connectivity index (χ0) is 17.8. The Morgan fingerprint density at radius 2 is 2.12 bits per heavy atom. The van der Waals surface area contributed by atoms with E-state index in [0.717, 1.165) is 16.8 Å². The number of pyridine rings is 1. The Kier molecular flexibility index (Phi) is 4.83. The van der Waals surface area contributed by atoms with E-state index < -0.39 is 0 Å². The van der Waals surface area contributed by atoms with Crippen LogP contribution < -0.4 is 20.7 Å². The van der Waals surface area contributed by atoms with Gasteiger partial charge in [0.05, 0.1) is 25.0 Å². The zero-order valence-electron chi connectivity index (χ0n) is 14.1. The van der Waals surface area contributed by atoms with Crippen molar-refractivity contribution in [2.45, 2.75) is 25.8 Å². The van der Waals surface area contributed by atoms with Crippen molar-refractivity contribution in [3.8, 4) is 5.88 Å². The summed E-state index contributed by atoms with van der Waals surface area (Å²) in [6.45, 7) is 1.91. The van der Waals surface area contributed by atoms with Crippen LogP contribution in [0.4, 0.5) is 16.2 Å². The van der Waals surface area contributed by atoms with Crippen LogP contribution in [-0.2, 0) is 11.2 Å². The first-order valence-electron chi connectivity index (χ1n) is 8.05. The SMILES string of the molecule is COc1ccc(NC(=O)N[C@H](C)c2ccc3c(c2)CCC(=O)N3)cn1. The van der Waals surface area contributed by atoms with E-state index in [-0.39, 0.29) is 18.0 Å². The van der Waals surface area contributed by atoms with E-state index in [1.165, 1.54) is 13.3 Å². The first kappa shape index (κ1) is 16.8. The van der Waals surface area contributed by atoms with Crippen molar-refractivity contribution in [2.75, 3.05) is 17.7 Å². The number of urea groups is 1. The fourth-order valence-electron chi connectivity index (χ4n) is 2.69. The monoisotopic (exact) mass is 340 g/mol. The highest BCUT2D eigenvalue weighted by atomic mass is 16.5. The van der Waals surface area contributed by atoms with E-state index in [9.17, 15) is 9.59 Å². The van der Waals surface area contributed by atoms with Gasteiger partial charge < -0.3 is 20.7 Å². The van der Waals surface area contributed by atoms with Gasteiger partial charge in [-0.15, -0.1) is 0 Å². The van der Waals surface area contributed by atoms with Crippen molar-refractivity contribution in [2.24, 2.45) is 0 Å². The van der Waals surface area contributed by atoms with Crippen molar-refractivity contribution in [3.05, 3.63) is 47.7 Å². The number of methoxy groups -OCH3 is 1. The summed E-state index contributed by atoms with van der Waals surface area (Å²) in [6, 6.07) is 8.72. The minimum atomic E-state index is -0.314. The van der Waals surface area contributed by atoms with Gasteiger partial charge >= 0.3 is 6.03 Å². The lowest BCUT2D eigenvalue weighted by Crippen LogP contribution is -2.31. The Morgan fingerprint density at radius 1 is 1.28 bits per heavy atom. The molecule has 1 aromatic heterocycles. The Bertz CT molecular complexity index is 789. The molecule has 3 amide bonds. The molecule has 7 nitrogen and oxygen atoms in total. The number of carbonyl (C=O) groups is 2. The number of hydrogen-bond acceptors (Lipinski definition) is 4. The molecule has 1 aliphatic rings. The molecule has 0 bridgehead atoms. The first-order valence-corrected chi connectivity index (χ1v) is 8.05. The van der Waals surface area contributed by atoms with Crippen LogP contribution in [0.2, 0.25) is 0 Å². The second-order valence-electron chi connectivity index (χ2n) is 5.87. The summed E-state index contributed by atoms with van der Waals surface area (Å²) in [7, 11) is 1.54. The third-order valence-corrected chi connectivity index (χ3v) is 4.08. The summed E-state index contributed by atoms with van der Waals surface area (Å²) in [5.41, 5.74) is 3.50. The summed E-state index contributed by atoms with van der Waals surface area (Å²) in [6.07, 6.45) is 2.74. The van der Waals surface area contributed by atoms with Crippen molar-refractivity contribution < 1.29 is 14.3 Å². The van der Waals surface area contributed by atoms with Crippen LogP contribution >= 0.6 is 0 Å². The molecule has 3 rings (SSSR count). The smallest absolute Gasteiger partial charge is 0.319 e. The van der Waals surface area contributed by atoms with Crippen molar-refractivity contribution in [1.29, 1.82) is 0 Å². The quantitative estimate of drug-likeness (QED) is 0.798. The van der Waals surface area contributed by atoms with E-state index in [4.69, 9.17) is 4.74 Å². The molecule has 0 saturated heterocycles. The molecule has 0 fully saturated rings. The van der Waals surface area contributed by atoms with Gasteiger partial charge in [-0.25, -0.2) is 9.78 Å². The van der Waals surface area contributed by atoms with Crippen molar-refractivity contribution >= 4 is 23.3 Å². The van der Waals surface area contributed by atoms with E-state index >= 15 is 0 Å². The van der Waals surface area contributed by atoms with E-state index in [0.29, 0.717) is 24.4 Å². The summed E-state index contributed by atoms with van der Waals surface area (Å²) >= 11 is 0. The highest BCUT2D eigenvalue weighted by Crippen LogP contribution is 2.26. The normalized spacial score (nSPS) is 14.1. The van der Waals surface area contributed by atoms with Gasteiger partial charge in [-0.3, -0.25) is 4.79 Å².